The van der Waals surface area contributed by atoms with Crippen molar-refractivity contribution in [3.63, 3.8) is 0 Å². The van der Waals surface area contributed by atoms with E-state index in [1.807, 2.05) is 0 Å². The maximum absolute atomic E-state index is 13.6. The molecule has 4 heteroatoms. The van der Waals surface area contributed by atoms with Gasteiger partial charge in [-0.2, -0.15) is 0 Å². The summed E-state index contributed by atoms with van der Waals surface area (Å²) in [5.74, 6) is 0.877. The monoisotopic (exact) mass is 470 g/mol. The van der Waals surface area contributed by atoms with Crippen molar-refractivity contribution in [2.45, 2.75) is 118 Å². The summed E-state index contributed by atoms with van der Waals surface area (Å²) in [4.78, 5) is 13.6. The van der Waals surface area contributed by atoms with Crippen molar-refractivity contribution in [2.24, 2.45) is 50.2 Å². The summed E-state index contributed by atoms with van der Waals surface area (Å²) < 4.78 is 6.27. The first-order valence-corrected chi connectivity index (χ1v) is 13.9. The Morgan fingerprint density at radius 1 is 0.912 bits per heavy atom. The van der Waals surface area contributed by atoms with Crippen molar-refractivity contribution in [2.75, 3.05) is 0 Å². The van der Waals surface area contributed by atoms with Gasteiger partial charge in [-0.3, -0.25) is 4.79 Å². The molecule has 0 aromatic heterocycles. The molecule has 5 aliphatic carbocycles. The molecule has 0 radical (unpaired) electrons. The number of hydrogen-bond donors (Lipinski definition) is 2. The Hall–Kier alpha value is -0.870. The number of carbonyl (C=O) groups is 1. The van der Waals surface area contributed by atoms with Crippen molar-refractivity contribution in [1.82, 2.24) is 0 Å². The van der Waals surface area contributed by atoms with Crippen LogP contribution in [0.1, 0.15) is 99.8 Å². The highest BCUT2D eigenvalue weighted by Crippen LogP contribution is 2.77. The number of fused-ring (bicyclic) bond motifs is 8. The summed E-state index contributed by atoms with van der Waals surface area (Å²) in [7, 11) is 0. The topological polar surface area (TPSA) is 66.8 Å². The second kappa shape index (κ2) is 6.52. The summed E-state index contributed by atoms with van der Waals surface area (Å²) in [5, 5.41) is 22.8. The summed E-state index contributed by atoms with van der Waals surface area (Å²) >= 11 is 0. The standard InChI is InChI=1S/C30H46O4/c1-25(2)14-15-30-18(16-25)17-8-9-20-27(5)12-11-21(31)26(3,4)19(27)10-13-28(20,6)29(17,7)23(22(30)32)34-24(30)33/h8,18-23,31-32H,9-16H2,1-7H3/t18-,19-,20+,21-,22+,23+,27-,28+,29-,30+/m0/s1. The first-order chi connectivity index (χ1) is 15.7. The molecule has 4 nitrogen and oxygen atoms in total. The van der Waals surface area contributed by atoms with Crippen LogP contribution in [0.4, 0.5) is 0 Å². The van der Waals surface area contributed by atoms with Crippen LogP contribution in [0.15, 0.2) is 11.6 Å². The SMILES string of the molecule is CC1(C)CC[C@]23C(=O)O[C@H]([C@H]2O)[C@]2(C)C(=CC[C@@H]4[C@@]5(C)CC[C@H](O)C(C)(C)[C@@H]5CC[C@]42C)[C@@H]3C1. The highest BCUT2D eigenvalue weighted by molar-refractivity contribution is 5.83. The van der Waals surface area contributed by atoms with Gasteiger partial charge in [0.2, 0.25) is 0 Å². The molecule has 1 heterocycles. The molecule has 1 aliphatic heterocycles. The fourth-order valence-electron chi connectivity index (χ4n) is 11.1. The van der Waals surface area contributed by atoms with Gasteiger partial charge in [0.1, 0.15) is 17.6 Å². The van der Waals surface area contributed by atoms with Gasteiger partial charge in [0, 0.05) is 5.41 Å². The summed E-state index contributed by atoms with van der Waals surface area (Å²) in [6, 6.07) is 0. The van der Waals surface area contributed by atoms with E-state index >= 15 is 0 Å². The number of carbonyl (C=O) groups excluding carboxylic acids is 1. The van der Waals surface area contributed by atoms with Gasteiger partial charge in [-0.15, -0.1) is 0 Å². The van der Waals surface area contributed by atoms with Crippen molar-refractivity contribution < 1.29 is 19.7 Å². The molecule has 10 atom stereocenters. The lowest BCUT2D eigenvalue weighted by Crippen LogP contribution is -2.69. The second-order valence-electron chi connectivity index (χ2n) is 15.3. The van der Waals surface area contributed by atoms with Crippen LogP contribution < -0.4 is 0 Å². The van der Waals surface area contributed by atoms with Gasteiger partial charge in [0.25, 0.3) is 0 Å². The largest absolute Gasteiger partial charge is 0.458 e. The summed E-state index contributed by atoms with van der Waals surface area (Å²) in [5.41, 5.74) is 0.493. The average Bonchev–Trinajstić information content (AvgIpc) is 2.95. The minimum absolute atomic E-state index is 0.0509. The van der Waals surface area contributed by atoms with Crippen LogP contribution in [-0.4, -0.2) is 34.5 Å². The molecule has 0 aromatic rings. The molecular weight excluding hydrogens is 424 g/mol. The highest BCUT2D eigenvalue weighted by Gasteiger charge is 2.78. The third kappa shape index (κ3) is 2.37. The molecule has 6 rings (SSSR count). The van der Waals surface area contributed by atoms with E-state index in [0.717, 1.165) is 51.4 Å². The van der Waals surface area contributed by atoms with Crippen LogP contribution in [0.25, 0.3) is 0 Å². The fourth-order valence-corrected chi connectivity index (χ4v) is 11.1. The third-order valence-corrected chi connectivity index (χ3v) is 13.4. The molecule has 34 heavy (non-hydrogen) atoms. The van der Waals surface area contributed by atoms with E-state index in [9.17, 15) is 15.0 Å². The predicted octanol–water partition coefficient (Wildman–Crippen LogP) is 5.66. The van der Waals surface area contributed by atoms with Crippen molar-refractivity contribution >= 4 is 5.97 Å². The minimum Gasteiger partial charge on any atom is -0.458 e. The van der Waals surface area contributed by atoms with Gasteiger partial charge in [-0.25, -0.2) is 0 Å². The Morgan fingerprint density at radius 2 is 1.62 bits per heavy atom. The third-order valence-electron chi connectivity index (χ3n) is 13.4. The summed E-state index contributed by atoms with van der Waals surface area (Å²) in [6.07, 6.45) is 8.88. The molecule has 2 N–H and O–H groups in total. The van der Waals surface area contributed by atoms with Crippen LogP contribution in [-0.2, 0) is 9.53 Å². The van der Waals surface area contributed by atoms with Crippen LogP contribution >= 0.6 is 0 Å². The molecule has 0 unspecified atom stereocenters. The molecule has 1 saturated heterocycles. The number of rotatable bonds is 0. The van der Waals surface area contributed by atoms with Crippen LogP contribution in [0.3, 0.4) is 0 Å². The number of allylic oxidation sites excluding steroid dienone is 1. The van der Waals surface area contributed by atoms with Gasteiger partial charge in [0.05, 0.1) is 6.10 Å². The predicted molar refractivity (Wildman–Crippen MR) is 132 cm³/mol. The normalized spacial score (nSPS) is 56.9. The zero-order valence-electron chi connectivity index (χ0n) is 22.4. The molecular formula is C30H46O4. The maximum Gasteiger partial charge on any atom is 0.315 e. The smallest absolute Gasteiger partial charge is 0.315 e. The average molecular weight is 471 g/mol. The second-order valence-corrected chi connectivity index (χ2v) is 15.3. The fraction of sp³-hybridized carbons (Fsp3) is 0.900. The van der Waals surface area contributed by atoms with E-state index in [-0.39, 0.29) is 45.1 Å². The quantitative estimate of drug-likeness (QED) is 0.354. The zero-order valence-corrected chi connectivity index (χ0v) is 22.4. The minimum atomic E-state index is -0.743. The van der Waals surface area contributed by atoms with E-state index in [1.54, 1.807) is 0 Å². The molecule has 5 fully saturated rings. The molecule has 190 valence electrons. The summed E-state index contributed by atoms with van der Waals surface area (Å²) in [6.45, 7) is 16.5. The van der Waals surface area contributed by atoms with Crippen molar-refractivity contribution in [3.8, 4) is 0 Å². The van der Waals surface area contributed by atoms with E-state index in [2.05, 4.69) is 54.5 Å². The molecule has 4 saturated carbocycles. The van der Waals surface area contributed by atoms with E-state index in [0.29, 0.717) is 11.8 Å². The van der Waals surface area contributed by atoms with Gasteiger partial charge in [-0.05, 0) is 90.8 Å². The van der Waals surface area contributed by atoms with Crippen molar-refractivity contribution in [3.05, 3.63) is 11.6 Å². The van der Waals surface area contributed by atoms with E-state index < -0.39 is 17.6 Å². The van der Waals surface area contributed by atoms with E-state index in [4.69, 9.17) is 4.74 Å². The molecule has 2 bridgehead atoms. The first kappa shape index (κ1) is 23.5. The Morgan fingerprint density at radius 3 is 2.32 bits per heavy atom. The van der Waals surface area contributed by atoms with Crippen LogP contribution in [0.5, 0.6) is 0 Å². The number of aliphatic hydroxyl groups excluding tert-OH is 2. The lowest BCUT2D eigenvalue weighted by atomic mass is 9.33. The number of ether oxygens (including phenoxy) is 1. The Bertz CT molecular complexity index is 965. The Labute approximate surface area is 205 Å². The van der Waals surface area contributed by atoms with Crippen LogP contribution in [0, 0.1) is 50.2 Å². The van der Waals surface area contributed by atoms with Gasteiger partial charge in [-0.1, -0.05) is 60.1 Å². The lowest BCUT2D eigenvalue weighted by molar-refractivity contribution is -0.224. The van der Waals surface area contributed by atoms with Crippen LogP contribution in [0.2, 0.25) is 0 Å². The lowest BCUT2D eigenvalue weighted by Gasteiger charge is -2.71. The van der Waals surface area contributed by atoms with E-state index in [1.165, 1.54) is 5.57 Å². The molecule has 1 spiro atoms. The number of hydrogen-bond acceptors (Lipinski definition) is 4. The van der Waals surface area contributed by atoms with Gasteiger partial charge >= 0.3 is 5.97 Å². The molecule has 6 aliphatic rings. The number of aliphatic hydroxyl groups is 2. The maximum atomic E-state index is 13.6. The zero-order chi connectivity index (χ0) is 24.7. The molecule has 0 amide bonds. The Balaban J connectivity index is 1.51. The van der Waals surface area contributed by atoms with Crippen molar-refractivity contribution in [1.29, 1.82) is 0 Å². The number of esters is 1. The van der Waals surface area contributed by atoms with Gasteiger partial charge in [0.15, 0.2) is 0 Å². The first-order valence-electron chi connectivity index (χ1n) is 13.9. The highest BCUT2D eigenvalue weighted by atomic mass is 16.6. The van der Waals surface area contributed by atoms with Gasteiger partial charge < -0.3 is 14.9 Å². The molecule has 0 aromatic carbocycles. The Kier molecular flexibility index (Phi) is 4.51.